The van der Waals surface area contributed by atoms with E-state index in [4.69, 9.17) is 4.42 Å². The Morgan fingerprint density at radius 1 is 1.28 bits per heavy atom. The maximum absolute atomic E-state index is 5.67. The van der Waals surface area contributed by atoms with Gasteiger partial charge in [0.25, 0.3) is 0 Å². The summed E-state index contributed by atoms with van der Waals surface area (Å²) in [7, 11) is 0. The molecular weight excluding hydrogens is 246 g/mol. The van der Waals surface area contributed by atoms with Crippen molar-refractivity contribution in [2.24, 2.45) is 0 Å². The number of nitrogens with one attached hydrogen (secondary N) is 1. The summed E-state index contributed by atoms with van der Waals surface area (Å²) < 4.78 is 5.67. The quantitative estimate of drug-likeness (QED) is 0.922. The Kier molecular flexibility index (Phi) is 3.82. The minimum Gasteiger partial charge on any atom is -0.459 e. The van der Waals surface area contributed by atoms with Crippen molar-refractivity contribution >= 4 is 11.3 Å². The third kappa shape index (κ3) is 3.40. The molecule has 0 aliphatic carbocycles. The number of aryl methyl sites for hydroxylation is 1. The number of hydrogen-bond donors (Lipinski definition) is 1. The molecule has 98 valence electrons. The van der Waals surface area contributed by atoms with Crippen LogP contribution in [0.2, 0.25) is 0 Å². The molecule has 0 atom stereocenters. The van der Waals surface area contributed by atoms with Crippen molar-refractivity contribution in [1.29, 1.82) is 0 Å². The molecule has 0 fully saturated rings. The molecule has 0 aliphatic heterocycles. The van der Waals surface area contributed by atoms with E-state index in [1.807, 2.05) is 12.1 Å². The number of furan rings is 1. The van der Waals surface area contributed by atoms with E-state index in [0.29, 0.717) is 0 Å². The van der Waals surface area contributed by atoms with Gasteiger partial charge in [-0.3, -0.25) is 0 Å². The van der Waals surface area contributed by atoms with Crippen LogP contribution < -0.4 is 5.32 Å². The van der Waals surface area contributed by atoms with Gasteiger partial charge in [0, 0.05) is 12.0 Å². The van der Waals surface area contributed by atoms with E-state index in [0.717, 1.165) is 34.5 Å². The fourth-order valence-electron chi connectivity index (χ4n) is 1.45. The van der Waals surface area contributed by atoms with Crippen molar-refractivity contribution in [2.45, 2.75) is 46.2 Å². The Morgan fingerprint density at radius 2 is 2.06 bits per heavy atom. The highest BCUT2D eigenvalue weighted by atomic mass is 32.1. The molecular formula is C13H19N3OS. The largest absolute Gasteiger partial charge is 0.459 e. The lowest BCUT2D eigenvalue weighted by Crippen LogP contribution is -2.35. The van der Waals surface area contributed by atoms with E-state index in [2.05, 4.69) is 43.2 Å². The second-order valence-corrected chi connectivity index (χ2v) is 6.29. The zero-order valence-electron chi connectivity index (χ0n) is 11.3. The van der Waals surface area contributed by atoms with E-state index in [1.165, 1.54) is 0 Å². The van der Waals surface area contributed by atoms with E-state index in [9.17, 15) is 0 Å². The standard InChI is InChI=1S/C13H19N3OS/c1-5-9-6-7-10(17-9)12-16-15-11(18-12)8-14-13(2,3)4/h6-7,14H,5,8H2,1-4H3. The third-order valence-electron chi connectivity index (χ3n) is 2.46. The summed E-state index contributed by atoms with van der Waals surface area (Å²) in [6.45, 7) is 9.21. The van der Waals surface area contributed by atoms with Gasteiger partial charge in [-0.2, -0.15) is 0 Å². The normalized spacial score (nSPS) is 12.0. The predicted molar refractivity (Wildman–Crippen MR) is 73.6 cm³/mol. The van der Waals surface area contributed by atoms with Gasteiger partial charge in [0.15, 0.2) is 10.8 Å². The summed E-state index contributed by atoms with van der Waals surface area (Å²) in [5.74, 6) is 1.79. The lowest BCUT2D eigenvalue weighted by atomic mass is 10.1. The number of aromatic nitrogens is 2. The molecule has 5 heteroatoms. The Labute approximate surface area is 111 Å². The van der Waals surface area contributed by atoms with Crippen LogP contribution in [0.25, 0.3) is 10.8 Å². The lowest BCUT2D eigenvalue weighted by Gasteiger charge is -2.19. The minimum absolute atomic E-state index is 0.0892. The van der Waals surface area contributed by atoms with Crippen LogP contribution in [-0.2, 0) is 13.0 Å². The van der Waals surface area contributed by atoms with Gasteiger partial charge in [0.2, 0.25) is 0 Å². The zero-order chi connectivity index (χ0) is 13.2. The Bertz CT molecular complexity index is 510. The minimum atomic E-state index is 0.0892. The Hall–Kier alpha value is -1.20. The smallest absolute Gasteiger partial charge is 0.183 e. The van der Waals surface area contributed by atoms with Crippen molar-refractivity contribution in [3.05, 3.63) is 22.9 Å². The van der Waals surface area contributed by atoms with Crippen LogP contribution in [0.1, 0.15) is 38.5 Å². The molecule has 0 amide bonds. The van der Waals surface area contributed by atoms with Crippen LogP contribution in [0.4, 0.5) is 0 Å². The molecule has 0 radical (unpaired) electrons. The molecule has 2 aromatic heterocycles. The van der Waals surface area contributed by atoms with Gasteiger partial charge < -0.3 is 9.73 Å². The molecule has 4 nitrogen and oxygen atoms in total. The molecule has 2 aromatic rings. The fraction of sp³-hybridized carbons (Fsp3) is 0.538. The lowest BCUT2D eigenvalue weighted by molar-refractivity contribution is 0.423. The first-order chi connectivity index (χ1) is 8.48. The van der Waals surface area contributed by atoms with E-state index < -0.39 is 0 Å². The van der Waals surface area contributed by atoms with Gasteiger partial charge in [-0.1, -0.05) is 18.3 Å². The van der Waals surface area contributed by atoms with Crippen LogP contribution in [0.15, 0.2) is 16.5 Å². The number of rotatable bonds is 4. The molecule has 1 N–H and O–H groups in total. The molecule has 0 bridgehead atoms. The van der Waals surface area contributed by atoms with Crippen molar-refractivity contribution in [3.63, 3.8) is 0 Å². The van der Waals surface area contributed by atoms with Crippen LogP contribution >= 0.6 is 11.3 Å². The van der Waals surface area contributed by atoms with Gasteiger partial charge in [-0.25, -0.2) is 0 Å². The highest BCUT2D eigenvalue weighted by Gasteiger charge is 2.13. The zero-order valence-corrected chi connectivity index (χ0v) is 12.1. The van der Waals surface area contributed by atoms with Gasteiger partial charge in [0.05, 0.1) is 6.54 Å². The van der Waals surface area contributed by atoms with Crippen LogP contribution in [0.3, 0.4) is 0 Å². The fourth-order valence-corrected chi connectivity index (χ4v) is 2.19. The molecule has 0 unspecified atom stereocenters. The average molecular weight is 265 g/mol. The highest BCUT2D eigenvalue weighted by Crippen LogP contribution is 2.25. The second-order valence-electron chi connectivity index (χ2n) is 5.22. The van der Waals surface area contributed by atoms with Crippen LogP contribution in [0.5, 0.6) is 0 Å². The summed E-state index contributed by atoms with van der Waals surface area (Å²) in [6, 6.07) is 3.95. The SMILES string of the molecule is CCc1ccc(-c2nnc(CNC(C)(C)C)s2)o1. The second kappa shape index (κ2) is 5.20. The van der Waals surface area contributed by atoms with Crippen molar-refractivity contribution < 1.29 is 4.42 Å². The summed E-state index contributed by atoms with van der Waals surface area (Å²) in [5, 5.41) is 13.6. The highest BCUT2D eigenvalue weighted by molar-refractivity contribution is 7.14. The topological polar surface area (TPSA) is 51.0 Å². The molecule has 0 aromatic carbocycles. The molecule has 2 heterocycles. The van der Waals surface area contributed by atoms with E-state index >= 15 is 0 Å². The van der Waals surface area contributed by atoms with Crippen molar-refractivity contribution in [2.75, 3.05) is 0 Å². The summed E-state index contributed by atoms with van der Waals surface area (Å²) in [6.07, 6.45) is 0.900. The molecule has 0 saturated heterocycles. The molecule has 0 spiro atoms. The first-order valence-corrected chi connectivity index (χ1v) is 6.96. The molecule has 2 rings (SSSR count). The van der Waals surface area contributed by atoms with Crippen molar-refractivity contribution in [3.8, 4) is 10.8 Å². The Balaban J connectivity index is 2.06. The van der Waals surface area contributed by atoms with E-state index in [-0.39, 0.29) is 5.54 Å². The monoisotopic (exact) mass is 265 g/mol. The molecule has 0 saturated carbocycles. The van der Waals surface area contributed by atoms with Crippen LogP contribution in [-0.4, -0.2) is 15.7 Å². The van der Waals surface area contributed by atoms with Gasteiger partial charge >= 0.3 is 0 Å². The van der Waals surface area contributed by atoms with Gasteiger partial charge in [-0.05, 0) is 32.9 Å². The van der Waals surface area contributed by atoms with Crippen LogP contribution in [0, 0.1) is 0 Å². The number of hydrogen-bond acceptors (Lipinski definition) is 5. The number of nitrogens with zero attached hydrogens (tertiary/aromatic N) is 2. The summed E-state index contributed by atoms with van der Waals surface area (Å²) >= 11 is 1.57. The average Bonchev–Trinajstić information content (AvgIpc) is 2.94. The van der Waals surface area contributed by atoms with E-state index in [1.54, 1.807) is 11.3 Å². The predicted octanol–water partition coefficient (Wildman–Crippen LogP) is 3.25. The summed E-state index contributed by atoms with van der Waals surface area (Å²) in [5.41, 5.74) is 0.0892. The van der Waals surface area contributed by atoms with Gasteiger partial charge in [-0.15, -0.1) is 10.2 Å². The van der Waals surface area contributed by atoms with Gasteiger partial charge in [0.1, 0.15) is 10.8 Å². The maximum atomic E-state index is 5.67. The third-order valence-corrected chi connectivity index (χ3v) is 3.40. The maximum Gasteiger partial charge on any atom is 0.183 e. The molecule has 0 aliphatic rings. The first kappa shape index (κ1) is 13.2. The van der Waals surface area contributed by atoms with Crippen molar-refractivity contribution in [1.82, 2.24) is 15.5 Å². The Morgan fingerprint density at radius 3 is 2.67 bits per heavy atom. The first-order valence-electron chi connectivity index (χ1n) is 6.14. The molecule has 18 heavy (non-hydrogen) atoms. The summed E-state index contributed by atoms with van der Waals surface area (Å²) in [4.78, 5) is 0.